The first-order valence-corrected chi connectivity index (χ1v) is 11.8. The monoisotopic (exact) mass is 421 g/mol. The molecule has 0 aromatic heterocycles. The third-order valence-corrected chi connectivity index (χ3v) is 2.74. The van der Waals surface area contributed by atoms with Crippen LogP contribution in [-0.4, -0.2) is 19.5 Å². The standard InChI is InChI=1S/C12H10S.6FH.Sb/c1-3-7-11(8-4-1)13-12-9-5-2-6-10-12;;;;;;;/h1-10H;6*1H;/q;;;;;;;+5/p-6. The summed E-state index contributed by atoms with van der Waals surface area (Å²) in [5.41, 5.74) is 0. The van der Waals surface area contributed by atoms with Gasteiger partial charge in [-0.2, -0.15) is 0 Å². The molecule has 0 spiro atoms. The van der Waals surface area contributed by atoms with Crippen molar-refractivity contribution in [3.8, 4) is 0 Å². The summed E-state index contributed by atoms with van der Waals surface area (Å²) >= 11 is -9.46. The van der Waals surface area contributed by atoms with E-state index in [2.05, 4.69) is 48.5 Å². The Morgan fingerprint density at radius 2 is 0.800 bits per heavy atom. The molecule has 0 aliphatic rings. The van der Waals surface area contributed by atoms with Gasteiger partial charge in [-0.15, -0.1) is 0 Å². The Hall–Kier alpha value is -0.812. The zero-order valence-electron chi connectivity index (χ0n) is 9.90. The molecule has 0 radical (unpaired) electrons. The van der Waals surface area contributed by atoms with E-state index in [4.69, 9.17) is 0 Å². The van der Waals surface area contributed by atoms with E-state index in [1.165, 1.54) is 9.79 Å². The van der Waals surface area contributed by atoms with Crippen LogP contribution in [0.15, 0.2) is 70.5 Å². The minimum atomic E-state index is -11.2. The summed E-state index contributed by atoms with van der Waals surface area (Å²) < 4.78 is 59.6. The van der Waals surface area contributed by atoms with Crippen LogP contribution in [0.25, 0.3) is 0 Å². The molecule has 0 N–H and O–H groups in total. The summed E-state index contributed by atoms with van der Waals surface area (Å²) in [6.45, 7) is 0. The topological polar surface area (TPSA) is 0 Å². The van der Waals surface area contributed by atoms with E-state index in [0.717, 1.165) is 0 Å². The Morgan fingerprint density at radius 1 is 0.550 bits per heavy atom. The third-order valence-electron chi connectivity index (χ3n) is 1.72. The first kappa shape index (κ1) is 17.2. The number of hydrogen-bond donors (Lipinski definition) is 0. The average Bonchev–Trinajstić information content (AvgIpc) is 2.27. The van der Waals surface area contributed by atoms with Crippen molar-refractivity contribution in [2.45, 2.75) is 9.79 Å². The quantitative estimate of drug-likeness (QED) is 0.424. The SMILES string of the molecule is [F][Sb-]([F])([F])([F])([F])[F].c1ccc(Sc2ccccc2)cc1. The third kappa shape index (κ3) is 12.2. The zero-order chi connectivity index (χ0) is 15.3. The molecule has 0 aliphatic heterocycles. The van der Waals surface area contributed by atoms with Gasteiger partial charge in [-0.3, -0.25) is 0 Å². The van der Waals surface area contributed by atoms with E-state index in [1.807, 2.05) is 12.1 Å². The van der Waals surface area contributed by atoms with Crippen LogP contribution < -0.4 is 0 Å². The molecular weight excluding hydrogens is 412 g/mol. The summed E-state index contributed by atoms with van der Waals surface area (Å²) in [6.07, 6.45) is 0. The molecule has 20 heavy (non-hydrogen) atoms. The molecule has 0 bridgehead atoms. The largest absolute Gasteiger partial charge is 0.0901 e. The molecule has 0 heterocycles. The molecule has 0 unspecified atom stereocenters. The van der Waals surface area contributed by atoms with Crippen molar-refractivity contribution in [1.82, 2.24) is 0 Å². The van der Waals surface area contributed by atoms with Crippen LogP contribution in [0.5, 0.6) is 0 Å². The normalized spacial score (nSPS) is 14.5. The van der Waals surface area contributed by atoms with Gasteiger partial charge in [0.15, 0.2) is 0 Å². The Labute approximate surface area is 118 Å². The van der Waals surface area contributed by atoms with Gasteiger partial charge in [0.05, 0.1) is 0 Å². The Balaban J connectivity index is 0.000000246. The molecule has 112 valence electrons. The molecule has 0 saturated heterocycles. The molecule has 0 fully saturated rings. The first-order chi connectivity index (χ1) is 8.90. The van der Waals surface area contributed by atoms with Gasteiger partial charge in [0.2, 0.25) is 0 Å². The second kappa shape index (κ2) is 5.52. The maximum Gasteiger partial charge on any atom is 0.0122 e. The number of halogens is 6. The summed E-state index contributed by atoms with van der Waals surface area (Å²) in [7, 11) is 0. The Morgan fingerprint density at radius 3 is 1.05 bits per heavy atom. The van der Waals surface area contributed by atoms with E-state index in [1.54, 1.807) is 11.8 Å². The van der Waals surface area contributed by atoms with Crippen LogP contribution >= 0.6 is 11.8 Å². The molecule has 0 amide bonds. The first-order valence-electron chi connectivity index (χ1n) is 5.24. The van der Waals surface area contributed by atoms with Crippen LogP contribution in [0, 0.1) is 0 Å². The number of benzene rings is 2. The van der Waals surface area contributed by atoms with Crippen LogP contribution in [-0.2, 0) is 0 Å². The van der Waals surface area contributed by atoms with Gasteiger partial charge < -0.3 is 0 Å². The molecule has 2 aromatic carbocycles. The smallest absolute Gasteiger partial charge is 0.0122 e. The Kier molecular flexibility index (Phi) is 4.76. The maximum atomic E-state index is 9.93. The molecule has 0 atom stereocenters. The van der Waals surface area contributed by atoms with Crippen LogP contribution in [0.1, 0.15) is 0 Å². The summed E-state index contributed by atoms with van der Waals surface area (Å²) in [5.74, 6) is 0. The summed E-state index contributed by atoms with van der Waals surface area (Å²) in [4.78, 5) is 2.57. The zero-order valence-corrected chi connectivity index (χ0v) is 13.3. The fraction of sp³-hybridized carbons (Fsp3) is 0. The van der Waals surface area contributed by atoms with Crippen molar-refractivity contribution in [3.63, 3.8) is 0 Å². The second-order valence-corrected chi connectivity index (χ2v) is 10.3. The van der Waals surface area contributed by atoms with Gasteiger partial charge in [0.1, 0.15) is 0 Å². The molecule has 8 heteroatoms. The van der Waals surface area contributed by atoms with Crippen LogP contribution in [0.2, 0.25) is 0 Å². The van der Waals surface area contributed by atoms with Crippen molar-refractivity contribution in [3.05, 3.63) is 60.7 Å². The van der Waals surface area contributed by atoms with E-state index in [-0.39, 0.29) is 0 Å². The van der Waals surface area contributed by atoms with Crippen molar-refractivity contribution in [2.75, 3.05) is 0 Å². The molecule has 2 rings (SSSR count). The van der Waals surface area contributed by atoms with Gasteiger partial charge in [-0.1, -0.05) is 48.2 Å². The van der Waals surface area contributed by atoms with Crippen molar-refractivity contribution >= 4 is 31.2 Å². The molecule has 0 nitrogen and oxygen atoms in total. The number of rotatable bonds is 2. The molecule has 0 aliphatic carbocycles. The van der Waals surface area contributed by atoms with Gasteiger partial charge >= 0.3 is 36.4 Å². The minimum Gasteiger partial charge on any atom is -0.0901 e. The van der Waals surface area contributed by atoms with Gasteiger partial charge in [-0.25, -0.2) is 0 Å². The van der Waals surface area contributed by atoms with E-state index in [0.29, 0.717) is 0 Å². The maximum absolute atomic E-state index is 11.2. The average molecular weight is 422 g/mol. The van der Waals surface area contributed by atoms with E-state index >= 15 is 0 Å². The van der Waals surface area contributed by atoms with Crippen LogP contribution in [0.3, 0.4) is 0 Å². The van der Waals surface area contributed by atoms with Crippen molar-refractivity contribution < 1.29 is 16.9 Å². The molecule has 0 saturated carbocycles. The van der Waals surface area contributed by atoms with E-state index < -0.39 is 19.5 Å². The van der Waals surface area contributed by atoms with Gasteiger partial charge in [0.25, 0.3) is 0 Å². The second-order valence-electron chi connectivity index (χ2n) is 3.69. The van der Waals surface area contributed by atoms with Gasteiger partial charge in [0, 0.05) is 9.79 Å². The molecular formula is C12H10F6SSb-. The predicted octanol–water partition coefficient (Wildman–Crippen LogP) is 5.98. The summed E-state index contributed by atoms with van der Waals surface area (Å²) in [5, 5.41) is 0. The molecule has 2 aromatic rings. The summed E-state index contributed by atoms with van der Waals surface area (Å²) in [6, 6.07) is 20.8. The van der Waals surface area contributed by atoms with Gasteiger partial charge in [-0.05, 0) is 24.3 Å². The van der Waals surface area contributed by atoms with E-state index in [9.17, 15) is 16.9 Å². The van der Waals surface area contributed by atoms with Crippen LogP contribution in [0.4, 0.5) is 16.9 Å². The van der Waals surface area contributed by atoms with Crippen molar-refractivity contribution in [2.24, 2.45) is 0 Å². The fourth-order valence-corrected chi connectivity index (χ4v) is 1.97. The fourth-order valence-electron chi connectivity index (χ4n) is 1.11. The number of hydrogen-bond acceptors (Lipinski definition) is 1. The minimum absolute atomic E-state index is 1.29. The Bertz CT molecular complexity index is 489. The predicted molar refractivity (Wildman–Crippen MR) is 69.4 cm³/mol. The van der Waals surface area contributed by atoms with Crippen molar-refractivity contribution in [1.29, 1.82) is 0 Å².